The van der Waals surface area contributed by atoms with Gasteiger partial charge < -0.3 is 19.7 Å². The zero-order chi connectivity index (χ0) is 12.4. The van der Waals surface area contributed by atoms with Crippen LogP contribution in [0.15, 0.2) is 18.6 Å². The fourth-order valence-corrected chi connectivity index (χ4v) is 1.78. The molecule has 0 unspecified atom stereocenters. The third-order valence-electron chi connectivity index (χ3n) is 2.58. The lowest BCUT2D eigenvalue weighted by molar-refractivity contribution is 0.0821. The predicted molar refractivity (Wildman–Crippen MR) is 64.9 cm³/mol. The van der Waals surface area contributed by atoms with E-state index in [1.54, 1.807) is 0 Å². The molecule has 6 heteroatoms. The first-order valence-electron chi connectivity index (χ1n) is 5.39. The molecule has 0 saturated heterocycles. The van der Waals surface area contributed by atoms with Crippen LogP contribution in [0.1, 0.15) is 0 Å². The molecule has 0 amide bonds. The minimum absolute atomic E-state index is 0.259. The van der Waals surface area contributed by atoms with Gasteiger partial charge >= 0.3 is 0 Å². The van der Waals surface area contributed by atoms with Crippen molar-refractivity contribution in [3.63, 3.8) is 0 Å². The van der Waals surface area contributed by atoms with E-state index in [-0.39, 0.29) is 6.61 Å². The first-order chi connectivity index (χ1) is 8.13. The van der Waals surface area contributed by atoms with E-state index in [2.05, 4.69) is 9.97 Å². The molecule has 0 spiro atoms. The Kier molecular flexibility index (Phi) is 3.26. The maximum absolute atomic E-state index is 9.44. The van der Waals surface area contributed by atoms with Crippen molar-refractivity contribution in [3.05, 3.63) is 18.6 Å². The van der Waals surface area contributed by atoms with Gasteiger partial charge in [-0.2, -0.15) is 0 Å². The topological polar surface area (TPSA) is 74.4 Å². The molecule has 2 heterocycles. The highest BCUT2D eigenvalue weighted by Crippen LogP contribution is 2.22. The predicted octanol–water partition coefficient (Wildman–Crippen LogP) is -0.150. The highest BCUT2D eigenvalue weighted by atomic mass is 16.3. The van der Waals surface area contributed by atoms with E-state index in [4.69, 9.17) is 5.11 Å². The zero-order valence-electron chi connectivity index (χ0n) is 9.91. The van der Waals surface area contributed by atoms with E-state index in [9.17, 15) is 5.11 Å². The molecule has 2 aromatic heterocycles. The summed E-state index contributed by atoms with van der Waals surface area (Å²) in [5, 5.41) is 19.2. The van der Waals surface area contributed by atoms with Gasteiger partial charge in [-0.25, -0.2) is 9.97 Å². The third kappa shape index (κ3) is 2.22. The van der Waals surface area contributed by atoms with Crippen molar-refractivity contribution >= 4 is 16.9 Å². The Hall–Kier alpha value is -1.66. The molecule has 2 N–H and O–H groups in total. The average Bonchev–Trinajstić information content (AvgIpc) is 2.72. The first-order valence-corrected chi connectivity index (χ1v) is 5.39. The third-order valence-corrected chi connectivity index (χ3v) is 2.58. The van der Waals surface area contributed by atoms with Crippen molar-refractivity contribution < 1.29 is 10.2 Å². The number of hydrogen-bond acceptors (Lipinski definition) is 5. The van der Waals surface area contributed by atoms with Crippen molar-refractivity contribution in [2.45, 2.75) is 12.6 Å². The Morgan fingerprint density at radius 1 is 1.41 bits per heavy atom. The molecule has 2 rings (SSSR count). The highest BCUT2D eigenvalue weighted by Gasteiger charge is 2.11. The van der Waals surface area contributed by atoms with E-state index in [0.29, 0.717) is 6.54 Å². The van der Waals surface area contributed by atoms with E-state index in [0.717, 1.165) is 16.9 Å². The van der Waals surface area contributed by atoms with Gasteiger partial charge in [-0.3, -0.25) is 0 Å². The number of anilines is 1. The summed E-state index contributed by atoms with van der Waals surface area (Å²) < 4.78 is 1.81. The Balaban J connectivity index is 2.44. The van der Waals surface area contributed by atoms with Crippen LogP contribution in [-0.2, 0) is 6.54 Å². The van der Waals surface area contributed by atoms with Crippen LogP contribution in [0.5, 0.6) is 0 Å². The van der Waals surface area contributed by atoms with Gasteiger partial charge in [0.25, 0.3) is 0 Å². The molecule has 0 bridgehead atoms. The number of aliphatic hydroxyl groups excluding tert-OH is 2. The largest absolute Gasteiger partial charge is 0.394 e. The fourth-order valence-electron chi connectivity index (χ4n) is 1.78. The van der Waals surface area contributed by atoms with E-state index >= 15 is 0 Å². The first kappa shape index (κ1) is 11.8. The van der Waals surface area contributed by atoms with Crippen LogP contribution in [-0.4, -0.2) is 51.6 Å². The Morgan fingerprint density at radius 2 is 2.18 bits per heavy atom. The van der Waals surface area contributed by atoms with Crippen molar-refractivity contribution in [2.75, 3.05) is 25.6 Å². The minimum atomic E-state index is -0.775. The van der Waals surface area contributed by atoms with Gasteiger partial charge in [0.2, 0.25) is 0 Å². The van der Waals surface area contributed by atoms with Gasteiger partial charge in [-0.1, -0.05) is 0 Å². The summed E-state index contributed by atoms with van der Waals surface area (Å²) in [5.74, 6) is 0.840. The van der Waals surface area contributed by atoms with E-state index in [1.807, 2.05) is 35.8 Å². The lowest BCUT2D eigenvalue weighted by atomic mass is 10.3. The Morgan fingerprint density at radius 3 is 2.82 bits per heavy atom. The molecule has 0 aliphatic heterocycles. The van der Waals surface area contributed by atoms with Gasteiger partial charge in [0.15, 0.2) is 0 Å². The standard InChI is InChI=1S/C11H16N4O2/c1-14(2)10-9-3-4-15(5-8(17)6-16)11(9)13-7-12-10/h3-4,7-8,16-17H,5-6H2,1-2H3/t8-/m1/s1. The quantitative estimate of drug-likeness (QED) is 0.772. The van der Waals surface area contributed by atoms with Crippen LogP contribution in [0, 0.1) is 0 Å². The summed E-state index contributed by atoms with van der Waals surface area (Å²) in [4.78, 5) is 10.3. The van der Waals surface area contributed by atoms with Crippen molar-refractivity contribution in [1.82, 2.24) is 14.5 Å². The van der Waals surface area contributed by atoms with Crippen LogP contribution in [0.2, 0.25) is 0 Å². The zero-order valence-corrected chi connectivity index (χ0v) is 9.91. The smallest absolute Gasteiger partial charge is 0.145 e. The van der Waals surface area contributed by atoms with E-state index < -0.39 is 6.10 Å². The number of aliphatic hydroxyl groups is 2. The molecular weight excluding hydrogens is 220 g/mol. The average molecular weight is 236 g/mol. The summed E-state index contributed by atoms with van der Waals surface area (Å²) in [5.41, 5.74) is 0.760. The molecular formula is C11H16N4O2. The van der Waals surface area contributed by atoms with E-state index in [1.165, 1.54) is 6.33 Å². The second kappa shape index (κ2) is 4.68. The molecule has 0 aliphatic carbocycles. The molecule has 0 aromatic carbocycles. The second-order valence-corrected chi connectivity index (χ2v) is 4.13. The molecule has 0 saturated carbocycles. The maximum atomic E-state index is 9.44. The lowest BCUT2D eigenvalue weighted by Gasteiger charge is -2.13. The minimum Gasteiger partial charge on any atom is -0.394 e. The number of fused-ring (bicyclic) bond motifs is 1. The van der Waals surface area contributed by atoms with Crippen LogP contribution in [0.3, 0.4) is 0 Å². The van der Waals surface area contributed by atoms with Crippen LogP contribution in [0.4, 0.5) is 5.82 Å². The van der Waals surface area contributed by atoms with Crippen molar-refractivity contribution in [3.8, 4) is 0 Å². The molecule has 1 atom stereocenters. The second-order valence-electron chi connectivity index (χ2n) is 4.13. The van der Waals surface area contributed by atoms with Crippen molar-refractivity contribution in [1.29, 1.82) is 0 Å². The summed E-state index contributed by atoms with van der Waals surface area (Å²) >= 11 is 0. The fraction of sp³-hybridized carbons (Fsp3) is 0.455. The summed E-state index contributed by atoms with van der Waals surface area (Å²) in [7, 11) is 3.84. The number of aromatic nitrogens is 3. The molecule has 0 fully saturated rings. The van der Waals surface area contributed by atoms with Crippen LogP contribution >= 0.6 is 0 Å². The molecule has 92 valence electrons. The number of hydrogen-bond donors (Lipinski definition) is 2. The molecule has 6 nitrogen and oxygen atoms in total. The Bertz CT molecular complexity index is 509. The highest BCUT2D eigenvalue weighted by molar-refractivity contribution is 5.87. The molecule has 2 aromatic rings. The molecule has 0 radical (unpaired) electrons. The molecule has 17 heavy (non-hydrogen) atoms. The number of rotatable bonds is 4. The number of nitrogens with zero attached hydrogens (tertiary/aromatic N) is 4. The van der Waals surface area contributed by atoms with Gasteiger partial charge in [0, 0.05) is 20.3 Å². The summed E-state index contributed by atoms with van der Waals surface area (Å²) in [6.07, 6.45) is 2.56. The summed E-state index contributed by atoms with van der Waals surface area (Å²) in [6.45, 7) is 0.0647. The Labute approximate surface area is 99.1 Å². The van der Waals surface area contributed by atoms with Crippen LogP contribution < -0.4 is 4.90 Å². The van der Waals surface area contributed by atoms with Gasteiger partial charge in [0.05, 0.1) is 24.6 Å². The normalized spacial score (nSPS) is 12.9. The maximum Gasteiger partial charge on any atom is 0.145 e. The lowest BCUT2D eigenvalue weighted by Crippen LogP contribution is -2.19. The SMILES string of the molecule is CN(C)c1ncnc2c1ccn2C[C@@H](O)CO. The molecule has 0 aliphatic rings. The van der Waals surface area contributed by atoms with Gasteiger partial charge in [-0.05, 0) is 6.07 Å². The monoisotopic (exact) mass is 236 g/mol. The summed E-state index contributed by atoms with van der Waals surface area (Å²) in [6, 6.07) is 1.91. The van der Waals surface area contributed by atoms with Gasteiger partial charge in [0.1, 0.15) is 17.8 Å². The van der Waals surface area contributed by atoms with Crippen LogP contribution in [0.25, 0.3) is 11.0 Å². The van der Waals surface area contributed by atoms with Crippen molar-refractivity contribution in [2.24, 2.45) is 0 Å². The van der Waals surface area contributed by atoms with Gasteiger partial charge in [-0.15, -0.1) is 0 Å².